The van der Waals surface area contributed by atoms with Crippen LogP contribution in [0.1, 0.15) is 32.1 Å². The van der Waals surface area contributed by atoms with Crippen molar-refractivity contribution in [3.63, 3.8) is 0 Å². The fourth-order valence-electron chi connectivity index (χ4n) is 2.12. The molecule has 0 spiro atoms. The Morgan fingerprint density at radius 3 is 2.44 bits per heavy atom. The fraction of sp³-hybridized carbons (Fsp3) is 0.727. The van der Waals surface area contributed by atoms with Crippen molar-refractivity contribution in [1.29, 1.82) is 0 Å². The van der Waals surface area contributed by atoms with E-state index in [0.717, 1.165) is 19.3 Å². The number of carbonyl (C=O) groups is 3. The van der Waals surface area contributed by atoms with E-state index in [2.05, 4.69) is 0 Å². The van der Waals surface area contributed by atoms with Crippen molar-refractivity contribution in [2.75, 3.05) is 6.54 Å². The molecule has 4 N–H and O–H groups in total. The summed E-state index contributed by atoms with van der Waals surface area (Å²) < 4.78 is 0. The van der Waals surface area contributed by atoms with Gasteiger partial charge in [-0.1, -0.05) is 12.8 Å². The van der Waals surface area contributed by atoms with E-state index in [1.165, 1.54) is 4.90 Å². The number of carbonyl (C=O) groups excluding carboxylic acids is 1. The molecule has 0 aliphatic carbocycles. The van der Waals surface area contributed by atoms with Crippen LogP contribution in [0, 0.1) is 0 Å². The maximum atomic E-state index is 12.0. The van der Waals surface area contributed by atoms with E-state index in [1.807, 2.05) is 0 Å². The predicted molar refractivity (Wildman–Crippen MR) is 61.8 cm³/mol. The van der Waals surface area contributed by atoms with Gasteiger partial charge in [-0.3, -0.25) is 9.59 Å². The van der Waals surface area contributed by atoms with Crippen LogP contribution in [-0.2, 0) is 14.4 Å². The minimum atomic E-state index is -1.18. The second kappa shape index (κ2) is 6.34. The molecule has 1 rings (SSSR count). The average molecular weight is 258 g/mol. The molecule has 0 saturated carbocycles. The Kier molecular flexibility index (Phi) is 5.08. The molecule has 0 aromatic rings. The molecule has 0 aromatic heterocycles. The third-order valence-corrected chi connectivity index (χ3v) is 3.03. The third kappa shape index (κ3) is 3.69. The molecule has 1 fully saturated rings. The Balaban J connectivity index is 2.78. The quantitative estimate of drug-likeness (QED) is 0.633. The molecule has 1 aliphatic heterocycles. The Morgan fingerprint density at radius 1 is 1.22 bits per heavy atom. The lowest BCUT2D eigenvalue weighted by atomic mass is 10.1. The molecule has 2 atom stereocenters. The van der Waals surface area contributed by atoms with Crippen LogP contribution >= 0.6 is 0 Å². The van der Waals surface area contributed by atoms with Crippen LogP contribution in [-0.4, -0.2) is 51.6 Å². The zero-order valence-corrected chi connectivity index (χ0v) is 10.0. The van der Waals surface area contributed by atoms with E-state index < -0.39 is 36.4 Å². The highest BCUT2D eigenvalue weighted by Crippen LogP contribution is 2.18. The average Bonchev–Trinajstić information content (AvgIpc) is 2.52. The minimum absolute atomic E-state index is 0.323. The predicted octanol–water partition coefficient (Wildman–Crippen LogP) is -0.356. The molecule has 2 unspecified atom stereocenters. The Labute approximate surface area is 105 Å². The van der Waals surface area contributed by atoms with Gasteiger partial charge in [-0.15, -0.1) is 0 Å². The van der Waals surface area contributed by atoms with Gasteiger partial charge in [0.2, 0.25) is 5.91 Å². The van der Waals surface area contributed by atoms with Crippen LogP contribution in [0.3, 0.4) is 0 Å². The van der Waals surface area contributed by atoms with E-state index in [1.54, 1.807) is 0 Å². The van der Waals surface area contributed by atoms with E-state index in [-0.39, 0.29) is 0 Å². The van der Waals surface area contributed by atoms with Gasteiger partial charge in [0.15, 0.2) is 0 Å². The van der Waals surface area contributed by atoms with Gasteiger partial charge in [0.05, 0.1) is 12.5 Å². The van der Waals surface area contributed by atoms with Crippen molar-refractivity contribution >= 4 is 17.8 Å². The molecule has 1 amide bonds. The summed E-state index contributed by atoms with van der Waals surface area (Å²) in [6.45, 7) is 0.323. The number of hydrogen-bond acceptors (Lipinski definition) is 4. The number of aliphatic carboxylic acids is 2. The number of nitrogens with zero attached hydrogens (tertiary/aromatic N) is 1. The highest BCUT2D eigenvalue weighted by Gasteiger charge is 2.33. The van der Waals surface area contributed by atoms with E-state index in [4.69, 9.17) is 15.9 Å². The smallest absolute Gasteiger partial charge is 0.326 e. The molecule has 102 valence electrons. The van der Waals surface area contributed by atoms with Crippen molar-refractivity contribution in [3.05, 3.63) is 0 Å². The van der Waals surface area contributed by atoms with Gasteiger partial charge in [0, 0.05) is 6.54 Å². The summed E-state index contributed by atoms with van der Waals surface area (Å²) in [5, 5.41) is 17.7. The molecule has 1 aliphatic rings. The number of carboxylic acids is 2. The van der Waals surface area contributed by atoms with Gasteiger partial charge >= 0.3 is 11.9 Å². The number of amides is 1. The summed E-state index contributed by atoms with van der Waals surface area (Å²) in [5.74, 6) is -2.82. The number of rotatable bonds is 4. The molecular weight excluding hydrogens is 240 g/mol. The van der Waals surface area contributed by atoms with Crippen LogP contribution in [0.5, 0.6) is 0 Å². The summed E-state index contributed by atoms with van der Waals surface area (Å²) in [4.78, 5) is 34.8. The molecule has 0 aromatic carbocycles. The lowest BCUT2D eigenvalue weighted by Gasteiger charge is -2.28. The normalized spacial score (nSPS) is 22.1. The Hall–Kier alpha value is -1.63. The van der Waals surface area contributed by atoms with Gasteiger partial charge in [-0.25, -0.2) is 4.79 Å². The van der Waals surface area contributed by atoms with Crippen LogP contribution in [0.4, 0.5) is 0 Å². The highest BCUT2D eigenvalue weighted by molar-refractivity contribution is 5.89. The van der Waals surface area contributed by atoms with Gasteiger partial charge in [0.25, 0.3) is 0 Å². The lowest BCUT2D eigenvalue weighted by Crippen LogP contribution is -2.51. The van der Waals surface area contributed by atoms with E-state index in [9.17, 15) is 14.4 Å². The summed E-state index contributed by atoms with van der Waals surface area (Å²) in [6, 6.07) is -2.07. The van der Waals surface area contributed by atoms with Crippen molar-refractivity contribution < 1.29 is 24.6 Å². The molecule has 1 saturated heterocycles. The summed E-state index contributed by atoms with van der Waals surface area (Å²) in [6.07, 6.45) is 2.23. The number of hydrogen-bond donors (Lipinski definition) is 3. The maximum absolute atomic E-state index is 12.0. The first-order valence-corrected chi connectivity index (χ1v) is 5.94. The van der Waals surface area contributed by atoms with Gasteiger partial charge in [-0.2, -0.15) is 0 Å². The molecule has 7 heteroatoms. The highest BCUT2D eigenvalue weighted by atomic mass is 16.4. The molecule has 7 nitrogen and oxygen atoms in total. The summed E-state index contributed by atoms with van der Waals surface area (Å²) in [5.41, 5.74) is 5.50. The first-order chi connectivity index (χ1) is 8.43. The fourth-order valence-corrected chi connectivity index (χ4v) is 2.12. The van der Waals surface area contributed by atoms with Crippen LogP contribution < -0.4 is 5.73 Å². The first kappa shape index (κ1) is 14.4. The van der Waals surface area contributed by atoms with E-state index in [0.29, 0.717) is 13.0 Å². The minimum Gasteiger partial charge on any atom is -0.481 e. The molecule has 0 bridgehead atoms. The van der Waals surface area contributed by atoms with E-state index >= 15 is 0 Å². The maximum Gasteiger partial charge on any atom is 0.326 e. The Morgan fingerprint density at radius 2 is 1.89 bits per heavy atom. The zero-order chi connectivity index (χ0) is 13.7. The second-order valence-corrected chi connectivity index (χ2v) is 4.44. The standard InChI is InChI=1S/C11H18N2O5/c12-7(6-9(14)15)10(16)13-5-3-1-2-4-8(13)11(17)18/h7-8H,1-6,12H2,(H,14,15)(H,17,18). The van der Waals surface area contributed by atoms with Gasteiger partial charge < -0.3 is 20.8 Å². The first-order valence-electron chi connectivity index (χ1n) is 5.94. The van der Waals surface area contributed by atoms with Crippen LogP contribution in [0.2, 0.25) is 0 Å². The van der Waals surface area contributed by atoms with Crippen molar-refractivity contribution in [2.45, 2.75) is 44.2 Å². The van der Waals surface area contributed by atoms with Gasteiger partial charge in [0.1, 0.15) is 6.04 Å². The van der Waals surface area contributed by atoms with Crippen LogP contribution in [0.15, 0.2) is 0 Å². The molecule has 18 heavy (non-hydrogen) atoms. The molecular formula is C11H18N2O5. The third-order valence-electron chi connectivity index (χ3n) is 3.03. The summed E-state index contributed by atoms with van der Waals surface area (Å²) in [7, 11) is 0. The number of likely N-dealkylation sites (tertiary alicyclic amines) is 1. The number of nitrogens with two attached hydrogens (primary N) is 1. The SMILES string of the molecule is NC(CC(=O)O)C(=O)N1CCCCCC1C(=O)O. The van der Waals surface area contributed by atoms with Crippen molar-refractivity contribution in [3.8, 4) is 0 Å². The summed E-state index contributed by atoms with van der Waals surface area (Å²) >= 11 is 0. The lowest BCUT2D eigenvalue weighted by molar-refractivity contribution is -0.151. The monoisotopic (exact) mass is 258 g/mol. The van der Waals surface area contributed by atoms with Gasteiger partial charge in [-0.05, 0) is 12.8 Å². The second-order valence-electron chi connectivity index (χ2n) is 4.44. The molecule has 1 heterocycles. The molecule has 0 radical (unpaired) electrons. The van der Waals surface area contributed by atoms with Crippen molar-refractivity contribution in [1.82, 2.24) is 4.90 Å². The largest absolute Gasteiger partial charge is 0.481 e. The van der Waals surface area contributed by atoms with Crippen LogP contribution in [0.25, 0.3) is 0 Å². The topological polar surface area (TPSA) is 121 Å². The zero-order valence-electron chi connectivity index (χ0n) is 10.0. The number of carboxylic acid groups (broad SMARTS) is 2. The Bertz CT molecular complexity index is 344. The van der Waals surface area contributed by atoms with Crippen molar-refractivity contribution in [2.24, 2.45) is 5.73 Å².